The Morgan fingerprint density at radius 1 is 1.12 bits per heavy atom. The fourth-order valence-corrected chi connectivity index (χ4v) is 1.50. The van der Waals surface area contributed by atoms with Crippen molar-refractivity contribution in [3.8, 4) is 0 Å². The normalized spacial score (nSPS) is 8.69. The first-order chi connectivity index (χ1) is 7.25. The largest absolute Gasteiger partial charge is 0.748 e. The minimum Gasteiger partial charge on any atom is -0.748 e. The van der Waals surface area contributed by atoms with Crippen LogP contribution in [0.3, 0.4) is 0 Å². The van der Waals surface area contributed by atoms with Crippen LogP contribution in [0.5, 0.6) is 0 Å². The third-order valence-corrected chi connectivity index (χ3v) is 2.30. The predicted molar refractivity (Wildman–Crippen MR) is 67.8 cm³/mol. The maximum absolute atomic E-state index is 2.18. The smallest absolute Gasteiger partial charge is 0.00394 e. The van der Waals surface area contributed by atoms with Crippen molar-refractivity contribution in [3.63, 3.8) is 0 Å². The Morgan fingerprint density at radius 3 is 1.94 bits per heavy atom. The van der Waals surface area contributed by atoms with Crippen molar-refractivity contribution in [2.24, 2.45) is 0 Å². The van der Waals surface area contributed by atoms with Gasteiger partial charge >= 0.3 is 0 Å². The van der Waals surface area contributed by atoms with Gasteiger partial charge in [0, 0.05) is 31.2 Å². The van der Waals surface area contributed by atoms with Gasteiger partial charge in [-0.2, -0.15) is 12.1 Å². The third kappa shape index (κ3) is 4.69. The zero-order valence-corrected chi connectivity index (χ0v) is 11.2. The monoisotopic (exact) mass is 257 g/mol. The SMILES string of the molecule is CC[c-]1cccc1N(C)C.[Fe].[cH-]1[cH-][cH-][cH-][cH-]1. The number of anilines is 1. The molecule has 0 aliphatic carbocycles. The van der Waals surface area contributed by atoms with Gasteiger partial charge in [0.2, 0.25) is 0 Å². The minimum atomic E-state index is 0. The molecule has 0 heterocycles. The summed E-state index contributed by atoms with van der Waals surface area (Å²) >= 11 is 0. The molecule has 0 saturated carbocycles. The topological polar surface area (TPSA) is 3.24 Å². The molecule has 2 rings (SSSR count). The van der Waals surface area contributed by atoms with Crippen LogP contribution in [0.4, 0.5) is 5.69 Å². The molecule has 0 saturated heterocycles. The van der Waals surface area contributed by atoms with E-state index in [-0.39, 0.29) is 17.1 Å². The molecule has 0 atom stereocenters. The molecule has 0 aliphatic heterocycles. The van der Waals surface area contributed by atoms with Gasteiger partial charge < -0.3 is 35.2 Å². The Kier molecular flexibility index (Phi) is 7.70. The number of aryl methyl sites for hydroxylation is 1. The number of hydrogen-bond donors (Lipinski definition) is 0. The first kappa shape index (κ1) is 15.0. The molecule has 0 amide bonds. The summed E-state index contributed by atoms with van der Waals surface area (Å²) in [6.07, 6.45) is 1.13. The Balaban J connectivity index is 0.000000318. The van der Waals surface area contributed by atoms with Crippen LogP contribution >= 0.6 is 0 Å². The van der Waals surface area contributed by atoms with Crippen molar-refractivity contribution in [2.45, 2.75) is 13.3 Å². The molecule has 0 spiro atoms. The summed E-state index contributed by atoms with van der Waals surface area (Å²) in [7, 11) is 4.16. The molecule has 2 aromatic carbocycles. The van der Waals surface area contributed by atoms with Crippen LogP contribution < -0.4 is 4.90 Å². The quantitative estimate of drug-likeness (QED) is 0.588. The van der Waals surface area contributed by atoms with Gasteiger partial charge in [0.05, 0.1) is 0 Å². The first-order valence-electron chi connectivity index (χ1n) is 5.34. The zero-order valence-electron chi connectivity index (χ0n) is 10.1. The van der Waals surface area contributed by atoms with E-state index in [4.69, 9.17) is 0 Å². The molecule has 94 valence electrons. The molecule has 0 radical (unpaired) electrons. The summed E-state index contributed by atoms with van der Waals surface area (Å²) in [6.45, 7) is 2.18. The summed E-state index contributed by atoms with van der Waals surface area (Å²) in [5.41, 5.74) is 2.78. The Hall–Kier alpha value is -0.981. The average Bonchev–Trinajstić information content (AvgIpc) is 2.92. The Morgan fingerprint density at radius 2 is 1.62 bits per heavy atom. The molecule has 0 unspecified atom stereocenters. The van der Waals surface area contributed by atoms with Crippen molar-refractivity contribution >= 4 is 5.69 Å². The zero-order chi connectivity index (χ0) is 11.1. The van der Waals surface area contributed by atoms with Gasteiger partial charge in [-0.25, -0.2) is 6.07 Å². The van der Waals surface area contributed by atoms with Crippen molar-refractivity contribution in [3.05, 3.63) is 54.1 Å². The maximum Gasteiger partial charge on any atom is 0.00394 e. The van der Waals surface area contributed by atoms with E-state index >= 15 is 0 Å². The van der Waals surface area contributed by atoms with E-state index in [0.717, 1.165) is 6.42 Å². The van der Waals surface area contributed by atoms with Crippen LogP contribution in [-0.4, -0.2) is 14.1 Å². The maximum atomic E-state index is 2.18. The van der Waals surface area contributed by atoms with Crippen molar-refractivity contribution in [1.29, 1.82) is 0 Å². The molecular formula is C14H19FeN-6. The van der Waals surface area contributed by atoms with Gasteiger partial charge in [0.1, 0.15) is 0 Å². The molecule has 2 aromatic rings. The molecular weight excluding hydrogens is 238 g/mol. The summed E-state index contributed by atoms with van der Waals surface area (Å²) in [5, 5.41) is 0. The van der Waals surface area contributed by atoms with E-state index in [9.17, 15) is 0 Å². The van der Waals surface area contributed by atoms with Gasteiger partial charge in [0.15, 0.2) is 0 Å². The van der Waals surface area contributed by atoms with Crippen LogP contribution in [0.2, 0.25) is 0 Å². The van der Waals surface area contributed by atoms with Crippen molar-refractivity contribution in [2.75, 3.05) is 19.0 Å². The van der Waals surface area contributed by atoms with Gasteiger partial charge in [-0.05, 0) is 0 Å². The molecule has 0 aliphatic rings. The molecule has 0 fully saturated rings. The number of rotatable bonds is 2. The third-order valence-electron chi connectivity index (χ3n) is 2.30. The number of nitrogens with zero attached hydrogens (tertiary/aromatic N) is 1. The van der Waals surface area contributed by atoms with Crippen LogP contribution in [0.1, 0.15) is 12.5 Å². The number of hydrogen-bond acceptors (Lipinski definition) is 1. The van der Waals surface area contributed by atoms with Gasteiger partial charge in [-0.3, -0.25) is 0 Å². The molecule has 1 nitrogen and oxygen atoms in total. The van der Waals surface area contributed by atoms with Gasteiger partial charge in [-0.1, -0.05) is 19.0 Å². The molecule has 0 bridgehead atoms. The molecule has 0 aromatic heterocycles. The average molecular weight is 257 g/mol. The van der Waals surface area contributed by atoms with E-state index < -0.39 is 0 Å². The fourth-order valence-electron chi connectivity index (χ4n) is 1.50. The summed E-state index contributed by atoms with van der Waals surface area (Å²) in [6, 6.07) is 16.4. The first-order valence-corrected chi connectivity index (χ1v) is 5.34. The van der Waals surface area contributed by atoms with E-state index in [0.29, 0.717) is 0 Å². The fraction of sp³-hybridized carbons (Fsp3) is 0.286. The van der Waals surface area contributed by atoms with Crippen LogP contribution in [0.15, 0.2) is 48.5 Å². The van der Waals surface area contributed by atoms with Gasteiger partial charge in [-0.15, -0.1) is 5.56 Å². The van der Waals surface area contributed by atoms with Crippen molar-refractivity contribution < 1.29 is 17.1 Å². The molecule has 16 heavy (non-hydrogen) atoms. The second-order valence-corrected chi connectivity index (χ2v) is 3.65. The second kappa shape index (κ2) is 8.20. The summed E-state index contributed by atoms with van der Waals surface area (Å²) in [5.74, 6) is 0. The van der Waals surface area contributed by atoms with E-state index in [1.165, 1.54) is 11.3 Å². The van der Waals surface area contributed by atoms with Gasteiger partial charge in [0.25, 0.3) is 0 Å². The van der Waals surface area contributed by atoms with Crippen molar-refractivity contribution in [1.82, 2.24) is 0 Å². The van der Waals surface area contributed by atoms with Crippen LogP contribution in [0, 0.1) is 0 Å². The summed E-state index contributed by atoms with van der Waals surface area (Å²) < 4.78 is 0. The van der Waals surface area contributed by atoms with E-state index in [1.54, 1.807) is 0 Å². The van der Waals surface area contributed by atoms with Crippen LogP contribution in [0.25, 0.3) is 0 Å². The predicted octanol–water partition coefficient (Wildman–Crippen LogP) is 3.44. The molecule has 0 N–H and O–H groups in total. The van der Waals surface area contributed by atoms with E-state index in [1.807, 2.05) is 30.3 Å². The summed E-state index contributed by atoms with van der Waals surface area (Å²) in [4.78, 5) is 2.15. The van der Waals surface area contributed by atoms with Crippen LogP contribution in [-0.2, 0) is 23.5 Å². The van der Waals surface area contributed by atoms with E-state index in [2.05, 4.69) is 44.1 Å². The Labute approximate surface area is 109 Å². The molecule has 2 heteroatoms. The minimum absolute atomic E-state index is 0. The standard InChI is InChI=1S/C9H14N.C5H5.Fe/c1-4-8-6-5-7-9(8)10(2)3;1-2-4-5-3-1;/h5-7H,4H2,1-3H3;1-5H;/q-1;-5;. The second-order valence-electron chi connectivity index (χ2n) is 3.65. The Bertz CT molecular complexity index is 329.